The van der Waals surface area contributed by atoms with Gasteiger partial charge in [-0.25, -0.2) is 4.79 Å². The van der Waals surface area contributed by atoms with Crippen molar-refractivity contribution in [2.45, 2.75) is 64.2 Å². The number of hydrogen-bond donors (Lipinski definition) is 2. The summed E-state index contributed by atoms with van der Waals surface area (Å²) in [6.07, 6.45) is 9.52. The minimum atomic E-state index is -1.52. The van der Waals surface area contributed by atoms with Crippen LogP contribution in [0.4, 0.5) is 4.79 Å². The molecule has 0 unspecified atom stereocenters. The van der Waals surface area contributed by atoms with Gasteiger partial charge in [0.05, 0.1) is 6.04 Å². The number of ether oxygens (including phenoxy) is 1. The van der Waals surface area contributed by atoms with E-state index < -0.39 is 23.2 Å². The first-order valence-corrected chi connectivity index (χ1v) is 9.62. The molecule has 0 saturated carbocycles. The number of rotatable bonds is 7. The van der Waals surface area contributed by atoms with E-state index in [-0.39, 0.29) is 32.0 Å². The Balaban J connectivity index is 2.71. The zero-order valence-corrected chi connectivity index (χ0v) is 17.5. The minimum Gasteiger partial charge on any atom is -0.444 e. The molecule has 1 aliphatic heterocycles. The molecule has 1 heterocycles. The average molecular weight is 391 g/mol. The van der Waals surface area contributed by atoms with Gasteiger partial charge in [0.25, 0.3) is 5.91 Å². The van der Waals surface area contributed by atoms with Crippen molar-refractivity contribution in [1.82, 2.24) is 10.2 Å². The molecule has 1 fully saturated rings. The summed E-state index contributed by atoms with van der Waals surface area (Å²) in [5.41, 5.74) is -1.38. The molecule has 1 rings (SSSR count). The monoisotopic (exact) mass is 390 g/mol. The topological polar surface area (TPSA) is 78.9 Å². The van der Waals surface area contributed by atoms with Crippen LogP contribution in [0.2, 0.25) is 0 Å². The second kappa shape index (κ2) is 10.3. The van der Waals surface area contributed by atoms with Crippen molar-refractivity contribution in [3.63, 3.8) is 0 Å². The average Bonchev–Trinajstić information content (AvgIpc) is 2.60. The molecular weight excluding hydrogens is 356 g/mol. The SMILES string of the molecule is C=CC[C@H](NC(=O)C1(O)CCN(C(=O)OC(C)(C)C)CC1)C(=C)/C=C\C=C/C. The fraction of sp³-hybridized carbons (Fsp3) is 0.545. The summed E-state index contributed by atoms with van der Waals surface area (Å²) in [6.45, 7) is 15.6. The van der Waals surface area contributed by atoms with E-state index in [1.807, 2.05) is 31.2 Å². The Morgan fingerprint density at radius 1 is 1.29 bits per heavy atom. The number of carbonyl (C=O) groups is 2. The molecule has 156 valence electrons. The van der Waals surface area contributed by atoms with Crippen molar-refractivity contribution in [2.75, 3.05) is 13.1 Å². The third-order valence-corrected chi connectivity index (χ3v) is 4.43. The van der Waals surface area contributed by atoms with Crippen molar-refractivity contribution < 1.29 is 19.4 Å². The van der Waals surface area contributed by atoms with E-state index in [1.165, 1.54) is 4.90 Å². The first kappa shape index (κ1) is 23.7. The van der Waals surface area contributed by atoms with Crippen molar-refractivity contribution in [3.05, 3.63) is 49.1 Å². The molecule has 1 atom stereocenters. The Labute approximate surface area is 168 Å². The summed E-state index contributed by atoms with van der Waals surface area (Å²) in [5.74, 6) is -0.455. The fourth-order valence-electron chi connectivity index (χ4n) is 2.78. The van der Waals surface area contributed by atoms with Crippen LogP contribution in [-0.4, -0.2) is 52.3 Å². The van der Waals surface area contributed by atoms with Crippen LogP contribution in [0.25, 0.3) is 0 Å². The maximum atomic E-state index is 12.7. The first-order valence-electron chi connectivity index (χ1n) is 9.62. The summed E-state index contributed by atoms with van der Waals surface area (Å²) < 4.78 is 5.35. The molecular formula is C22H34N2O4. The molecule has 2 N–H and O–H groups in total. The Hall–Kier alpha value is -2.34. The molecule has 28 heavy (non-hydrogen) atoms. The van der Waals surface area contributed by atoms with Gasteiger partial charge < -0.3 is 20.1 Å². The van der Waals surface area contributed by atoms with Crippen molar-refractivity contribution in [1.29, 1.82) is 0 Å². The summed E-state index contributed by atoms with van der Waals surface area (Å²) in [7, 11) is 0. The van der Waals surface area contributed by atoms with Gasteiger partial charge in [0.2, 0.25) is 0 Å². The van der Waals surface area contributed by atoms with E-state index in [0.717, 1.165) is 5.57 Å². The number of allylic oxidation sites excluding steroid dienone is 3. The van der Waals surface area contributed by atoms with E-state index in [2.05, 4.69) is 18.5 Å². The van der Waals surface area contributed by atoms with Gasteiger partial charge in [-0.1, -0.05) is 37.0 Å². The smallest absolute Gasteiger partial charge is 0.410 e. The highest BCUT2D eigenvalue weighted by Crippen LogP contribution is 2.24. The molecule has 0 radical (unpaired) electrons. The van der Waals surface area contributed by atoms with Gasteiger partial charge >= 0.3 is 6.09 Å². The van der Waals surface area contributed by atoms with Gasteiger partial charge in [-0.2, -0.15) is 0 Å². The molecule has 0 aromatic heterocycles. The zero-order chi connectivity index (χ0) is 21.4. The quantitative estimate of drug-likeness (QED) is 0.515. The molecule has 6 nitrogen and oxygen atoms in total. The lowest BCUT2D eigenvalue weighted by atomic mass is 9.89. The maximum absolute atomic E-state index is 12.7. The Kier molecular flexibility index (Phi) is 8.69. The number of aliphatic hydroxyl groups is 1. The highest BCUT2D eigenvalue weighted by Gasteiger charge is 2.41. The van der Waals surface area contributed by atoms with Crippen molar-refractivity contribution >= 4 is 12.0 Å². The fourth-order valence-corrected chi connectivity index (χ4v) is 2.78. The lowest BCUT2D eigenvalue weighted by Crippen LogP contribution is -2.56. The minimum absolute atomic E-state index is 0.153. The molecule has 0 spiro atoms. The standard InChI is InChI=1S/C22H34N2O4/c1-7-9-10-12-17(3)18(11-8-2)23-19(25)22(27)13-15-24(16-14-22)20(26)28-21(4,5)6/h7-10,12,18,27H,2-3,11,13-16H2,1,4-6H3,(H,23,25)/b9-7-,12-10-/t18-/m0/s1. The summed E-state index contributed by atoms with van der Waals surface area (Å²) in [5, 5.41) is 13.7. The Bertz CT molecular complexity index is 635. The summed E-state index contributed by atoms with van der Waals surface area (Å²) >= 11 is 0. The second-order valence-corrected chi connectivity index (χ2v) is 8.01. The van der Waals surface area contributed by atoms with Gasteiger partial charge in [0, 0.05) is 25.9 Å². The van der Waals surface area contributed by atoms with Gasteiger partial charge in [-0.3, -0.25) is 4.79 Å². The molecule has 6 heteroatoms. The van der Waals surface area contributed by atoms with Crippen LogP contribution in [-0.2, 0) is 9.53 Å². The Morgan fingerprint density at radius 2 is 1.89 bits per heavy atom. The van der Waals surface area contributed by atoms with Gasteiger partial charge in [0.15, 0.2) is 0 Å². The highest BCUT2D eigenvalue weighted by molar-refractivity contribution is 5.86. The van der Waals surface area contributed by atoms with Gasteiger partial charge in [0.1, 0.15) is 11.2 Å². The Morgan fingerprint density at radius 3 is 2.39 bits per heavy atom. The van der Waals surface area contributed by atoms with Crippen LogP contribution in [0.3, 0.4) is 0 Å². The van der Waals surface area contributed by atoms with Crippen LogP contribution in [0.15, 0.2) is 49.1 Å². The van der Waals surface area contributed by atoms with Crippen molar-refractivity contribution in [2.24, 2.45) is 0 Å². The van der Waals surface area contributed by atoms with Crippen LogP contribution >= 0.6 is 0 Å². The van der Waals surface area contributed by atoms with E-state index in [0.29, 0.717) is 6.42 Å². The van der Waals surface area contributed by atoms with Crippen LogP contribution in [0.1, 0.15) is 47.0 Å². The molecule has 0 bridgehead atoms. The second-order valence-electron chi connectivity index (χ2n) is 8.01. The molecule has 1 aliphatic rings. The first-order chi connectivity index (χ1) is 13.0. The van der Waals surface area contributed by atoms with E-state index >= 15 is 0 Å². The van der Waals surface area contributed by atoms with E-state index in [4.69, 9.17) is 4.74 Å². The molecule has 0 aromatic rings. The largest absolute Gasteiger partial charge is 0.444 e. The molecule has 2 amide bonds. The predicted octanol–water partition coefficient (Wildman–Crippen LogP) is 3.50. The number of carbonyl (C=O) groups excluding carboxylic acids is 2. The van der Waals surface area contributed by atoms with Crippen LogP contribution < -0.4 is 5.32 Å². The number of nitrogens with zero attached hydrogens (tertiary/aromatic N) is 1. The summed E-state index contributed by atoms with van der Waals surface area (Å²) in [6, 6.07) is -0.348. The third-order valence-electron chi connectivity index (χ3n) is 4.43. The van der Waals surface area contributed by atoms with Crippen molar-refractivity contribution in [3.8, 4) is 0 Å². The zero-order valence-electron chi connectivity index (χ0n) is 17.5. The maximum Gasteiger partial charge on any atom is 0.410 e. The number of likely N-dealkylation sites (tertiary alicyclic amines) is 1. The number of piperidine rings is 1. The normalized spacial score (nSPS) is 18.1. The predicted molar refractivity (Wildman–Crippen MR) is 112 cm³/mol. The van der Waals surface area contributed by atoms with Crippen LogP contribution in [0.5, 0.6) is 0 Å². The molecule has 0 aromatic carbocycles. The lowest BCUT2D eigenvalue weighted by Gasteiger charge is -2.38. The molecule has 1 saturated heterocycles. The number of nitrogens with one attached hydrogen (secondary N) is 1. The summed E-state index contributed by atoms with van der Waals surface area (Å²) in [4.78, 5) is 26.4. The van der Waals surface area contributed by atoms with E-state index in [9.17, 15) is 14.7 Å². The third kappa shape index (κ3) is 7.35. The number of amides is 2. The highest BCUT2D eigenvalue weighted by atomic mass is 16.6. The van der Waals surface area contributed by atoms with E-state index in [1.54, 1.807) is 26.8 Å². The van der Waals surface area contributed by atoms with Gasteiger partial charge in [-0.05, 0) is 39.7 Å². The lowest BCUT2D eigenvalue weighted by molar-refractivity contribution is -0.145. The number of hydrogen-bond acceptors (Lipinski definition) is 4. The molecule has 0 aliphatic carbocycles. The van der Waals surface area contributed by atoms with Crippen LogP contribution in [0, 0.1) is 0 Å². The van der Waals surface area contributed by atoms with Gasteiger partial charge in [-0.15, -0.1) is 6.58 Å².